The van der Waals surface area contributed by atoms with Crippen molar-refractivity contribution in [1.82, 2.24) is 73.0 Å². The molecule has 2 aromatic heterocycles. The van der Waals surface area contributed by atoms with Gasteiger partial charge in [0.1, 0.15) is 78.5 Å². The zero-order valence-corrected chi connectivity index (χ0v) is 57.2. The molecule has 568 valence electrons. The molecule has 13 atom stereocenters. The number of benzene rings is 2. The minimum atomic E-state index is -1.88. The fourth-order valence-corrected chi connectivity index (χ4v) is 11.5. The highest BCUT2D eigenvalue weighted by atomic mass is 16.6. The van der Waals surface area contributed by atoms with E-state index in [1.54, 1.807) is 44.3 Å². The Labute approximate surface area is 595 Å². The van der Waals surface area contributed by atoms with Gasteiger partial charge in [0.25, 0.3) is 0 Å². The van der Waals surface area contributed by atoms with Gasteiger partial charge in [-0.15, -0.1) is 0 Å². The van der Waals surface area contributed by atoms with Crippen LogP contribution in [0.5, 0.6) is 5.75 Å². The summed E-state index contributed by atoms with van der Waals surface area (Å²) in [5.41, 5.74) is 23.3. The lowest BCUT2D eigenvalue weighted by atomic mass is 9.98. The van der Waals surface area contributed by atoms with E-state index < -0.39 is 208 Å². The van der Waals surface area contributed by atoms with E-state index in [2.05, 4.69) is 73.1 Å². The average Bonchev–Trinajstić information content (AvgIpc) is 1.38. The van der Waals surface area contributed by atoms with Crippen LogP contribution in [-0.4, -0.2) is 252 Å². The summed E-state index contributed by atoms with van der Waals surface area (Å²) >= 11 is 0. The number of primary amides is 2. The van der Waals surface area contributed by atoms with Crippen molar-refractivity contribution in [2.24, 2.45) is 33.8 Å². The average molecular weight is 1460 g/mol. The molecule has 0 aliphatic carbocycles. The van der Waals surface area contributed by atoms with Crippen molar-refractivity contribution in [2.75, 3.05) is 39.4 Å². The molecule has 0 saturated carbocycles. The number of aromatic amines is 2. The summed E-state index contributed by atoms with van der Waals surface area (Å²) in [6.07, 6.45) is -6.49. The smallest absolute Gasteiger partial charge is 0.245 e. The van der Waals surface area contributed by atoms with Gasteiger partial charge in [-0.05, 0) is 73.8 Å². The number of aliphatic hydroxyl groups excluding tert-OH is 5. The zero-order valence-electron chi connectivity index (χ0n) is 57.2. The first-order valence-electron chi connectivity index (χ1n) is 33.5. The zero-order chi connectivity index (χ0) is 76.3. The molecule has 26 N–H and O–H groups in total. The Morgan fingerprint density at radius 2 is 1.25 bits per heavy atom. The van der Waals surface area contributed by atoms with E-state index in [9.17, 15) is 93.0 Å². The highest BCUT2D eigenvalue weighted by molar-refractivity contribution is 5.99. The van der Waals surface area contributed by atoms with E-state index in [0.717, 1.165) is 0 Å². The van der Waals surface area contributed by atoms with Gasteiger partial charge in [0.2, 0.25) is 76.8 Å². The number of amides is 13. The second-order valence-electron chi connectivity index (χ2n) is 25.4. The number of H-pyrrole nitrogens is 2. The maximum atomic E-state index is 14.7. The number of aliphatic imine (C=N–C) groups is 1. The number of aliphatic hydroxyl groups is 5. The molecule has 0 spiro atoms. The highest BCUT2D eigenvalue weighted by Gasteiger charge is 2.45. The normalized spacial score (nSPS) is 19.1. The minimum Gasteiger partial charge on any atom is -0.508 e. The van der Waals surface area contributed by atoms with Gasteiger partial charge in [0, 0.05) is 80.6 Å². The van der Waals surface area contributed by atoms with Crippen LogP contribution in [0.25, 0.3) is 10.9 Å². The number of rotatable bonds is 40. The molecule has 2 aromatic carbocycles. The van der Waals surface area contributed by atoms with Gasteiger partial charge in [-0.25, -0.2) is 4.98 Å². The van der Waals surface area contributed by atoms with Crippen LogP contribution >= 0.6 is 0 Å². The lowest BCUT2D eigenvalue weighted by Gasteiger charge is -2.40. The Morgan fingerprint density at radius 3 is 1.88 bits per heavy atom. The number of aromatic nitrogens is 3. The number of hydrogen-bond donors (Lipinski definition) is 22. The van der Waals surface area contributed by atoms with Crippen molar-refractivity contribution in [3.8, 4) is 5.75 Å². The number of guanidine groups is 1. The van der Waals surface area contributed by atoms with Gasteiger partial charge >= 0.3 is 0 Å². The van der Waals surface area contributed by atoms with Crippen molar-refractivity contribution in [2.45, 2.75) is 170 Å². The fraction of sp³-hybridized carbons (Fsp3) is 0.523. The van der Waals surface area contributed by atoms with Crippen LogP contribution in [0, 0.1) is 5.92 Å². The Bertz CT molecular complexity index is 3660. The minimum absolute atomic E-state index is 0.0162. The van der Waals surface area contributed by atoms with Crippen LogP contribution in [0.2, 0.25) is 0 Å². The van der Waals surface area contributed by atoms with Gasteiger partial charge in [-0.2, -0.15) is 0 Å². The molecule has 2 aliphatic rings. The summed E-state index contributed by atoms with van der Waals surface area (Å²) in [5, 5.41) is 86.4. The molecule has 39 heteroatoms. The molecule has 2 aliphatic heterocycles. The number of carbonyl (C=O) groups excluding carboxylic acids is 13. The number of nitrogens with zero attached hydrogens (tertiary/aromatic N) is 3. The second kappa shape index (κ2) is 40.1. The Balaban J connectivity index is 1.18. The topological polar surface area (TPSA) is 637 Å². The lowest BCUT2D eigenvalue weighted by molar-refractivity contribution is -0.236. The molecule has 0 unspecified atom stereocenters. The van der Waals surface area contributed by atoms with E-state index in [-0.39, 0.29) is 81.4 Å². The van der Waals surface area contributed by atoms with Crippen molar-refractivity contribution in [3.05, 3.63) is 84.1 Å². The van der Waals surface area contributed by atoms with Crippen LogP contribution < -0.4 is 76.1 Å². The van der Waals surface area contributed by atoms with Crippen LogP contribution in [0.15, 0.2) is 72.2 Å². The molecule has 13 amide bonds. The molecule has 39 nitrogen and oxygen atoms in total. The van der Waals surface area contributed by atoms with E-state index in [0.29, 0.717) is 28.5 Å². The van der Waals surface area contributed by atoms with Crippen LogP contribution in [0.4, 0.5) is 0 Å². The Morgan fingerprint density at radius 1 is 0.635 bits per heavy atom. The number of nitrogens with one attached hydrogen (secondary N) is 12. The van der Waals surface area contributed by atoms with Crippen LogP contribution in [0.1, 0.15) is 88.5 Å². The van der Waals surface area contributed by atoms with Gasteiger partial charge in [0.15, 0.2) is 12.2 Å². The number of ether oxygens (including phenoxy) is 1. The number of likely N-dealkylation sites (tertiary alicyclic amines) is 1. The molecule has 6 rings (SSSR count). The number of phenolic OH excluding ortho intramolecular Hbond substituents is 1. The Hall–Kier alpha value is -10.9. The first kappa shape index (κ1) is 82.1. The van der Waals surface area contributed by atoms with Gasteiger partial charge in [-0.1, -0.05) is 44.2 Å². The maximum Gasteiger partial charge on any atom is 0.245 e. The SMILES string of the molecule is CC(C)C[C@H](NC(=O)CNC(=O)[C@H](Cc1ccc(O)cc1)NC(=O)[C@H](CO)NC(=O)[C@H](Cc1c[nH]c2ccccc12)NC(=O)[C@H](Cc1cnc[nH]1)NC(=O)[C@H](CCC(N)=O)NC(=O)CCC(=O)N[C@@H]1O[C@H](CO)[C@@H](O)[C@H](O)[C@H]1O)C(=O)N[C@@H](CCCN=C(N)N)C(=O)N1CCC[C@H]1C(=O)NCC(N)=O. The van der Waals surface area contributed by atoms with Crippen molar-refractivity contribution >= 4 is 93.7 Å². The molecule has 4 heterocycles. The fourth-order valence-electron chi connectivity index (χ4n) is 11.5. The molecule has 0 radical (unpaired) electrons. The number of aromatic hydroxyl groups is 1. The molecule has 2 fully saturated rings. The summed E-state index contributed by atoms with van der Waals surface area (Å²) < 4.78 is 5.29. The quantitative estimate of drug-likeness (QED) is 0.0112. The second-order valence-corrected chi connectivity index (χ2v) is 25.4. The first-order valence-corrected chi connectivity index (χ1v) is 33.5. The van der Waals surface area contributed by atoms with E-state index in [1.165, 1.54) is 41.7 Å². The first-order chi connectivity index (χ1) is 49.4. The number of hydrogen-bond acceptors (Lipinski definition) is 22. The predicted molar refractivity (Wildman–Crippen MR) is 366 cm³/mol. The number of carbonyl (C=O) groups is 13. The monoisotopic (exact) mass is 1460 g/mol. The summed E-state index contributed by atoms with van der Waals surface area (Å²) in [4.78, 5) is 193. The van der Waals surface area contributed by atoms with E-state index >= 15 is 0 Å². The standard InChI is InChI=1S/C65H93N19O20/c1-32(2)21-41(58(98)78-40(9-5-19-71-65(68)69)64(103)84-20-6-10-46(84)62(102)73-27-49(67)89)77-52(92)28-74-56(96)42(22-33-11-13-36(87)14-12-33)79-61(101)45(29-85)82-59(99)43(23-34-25-72-38-8-4-3-7-37(34)38)80-60(100)44(24-35-26-70-31-75-35)81-57(97)39(15-16-48(66)88)76-50(90)17-18-51(91)83-63-55(95)54(94)53(93)47(30-86)104-63/h3-4,7-8,11-14,25-26,31-32,39-47,53-55,63,72,85-87,93-95H,5-6,9-10,15-24,27-30H2,1-2H3,(H2,66,88)(H2,67,89)(H,70,75)(H,73,102)(H,74,96)(H,76,90)(H,77,92)(H,78,98)(H,79,101)(H,80,100)(H,81,97)(H,82,99)(H,83,91)(H4,68,69,71)/t39-,40-,41-,42-,43-,44-,45-,46-,47+,53+,54-,55+,63+/m0/s1. The lowest BCUT2D eigenvalue weighted by Crippen LogP contribution is -2.63. The van der Waals surface area contributed by atoms with E-state index in [4.69, 9.17) is 27.7 Å². The largest absolute Gasteiger partial charge is 0.508 e. The molecule has 0 bridgehead atoms. The number of fused-ring (bicyclic) bond motifs is 1. The van der Waals surface area contributed by atoms with Crippen LogP contribution in [-0.2, 0) is 86.3 Å². The third kappa shape index (κ3) is 25.3. The molecular formula is C65H93N19O20. The maximum absolute atomic E-state index is 14.7. The summed E-state index contributed by atoms with van der Waals surface area (Å²) in [7, 11) is 0. The van der Waals surface area contributed by atoms with E-state index in [1.807, 2.05) is 0 Å². The third-order valence-electron chi connectivity index (χ3n) is 16.9. The predicted octanol–water partition coefficient (Wildman–Crippen LogP) is -8.22. The molecule has 2 saturated heterocycles. The summed E-state index contributed by atoms with van der Waals surface area (Å²) in [6.45, 7) is 0.522. The number of nitrogens with two attached hydrogens (primary N) is 4. The number of imidazole rings is 1. The number of phenols is 1. The summed E-state index contributed by atoms with van der Waals surface area (Å²) in [5.74, 6) is -12.5. The Kier molecular flexibility index (Phi) is 31.7. The molecular weight excluding hydrogens is 1370 g/mol. The molecule has 4 aromatic rings. The third-order valence-corrected chi connectivity index (χ3v) is 16.9. The van der Waals surface area contributed by atoms with Crippen molar-refractivity contribution in [1.29, 1.82) is 0 Å². The van der Waals surface area contributed by atoms with Crippen LogP contribution in [0.3, 0.4) is 0 Å². The van der Waals surface area contributed by atoms with Gasteiger partial charge < -0.3 is 126 Å². The number of para-hydroxylation sites is 1. The highest BCUT2D eigenvalue weighted by Crippen LogP contribution is 2.23. The van der Waals surface area contributed by atoms with Crippen molar-refractivity contribution in [3.63, 3.8) is 0 Å². The van der Waals surface area contributed by atoms with Crippen molar-refractivity contribution < 1.29 is 97.7 Å². The summed E-state index contributed by atoms with van der Waals surface area (Å²) in [6, 6.07) is 0.377. The van der Waals surface area contributed by atoms with Gasteiger partial charge in [0.05, 0.1) is 32.6 Å². The van der Waals surface area contributed by atoms with Gasteiger partial charge in [-0.3, -0.25) is 67.3 Å². The molecule has 104 heavy (non-hydrogen) atoms.